The van der Waals surface area contributed by atoms with Crippen LogP contribution in [0.3, 0.4) is 0 Å². The Hall–Kier alpha value is -4.83. The first-order chi connectivity index (χ1) is 30.1. The first kappa shape index (κ1) is 53.5. The number of Topliss-reactive ketones (excluding diaryl/α,β-unsaturated/α-hetero) is 1. The molecular weight excluding hydrogens is 825 g/mol. The summed E-state index contributed by atoms with van der Waals surface area (Å²) in [5.41, 5.74) is 1.90. The molecule has 8 atom stereocenters. The van der Waals surface area contributed by atoms with Gasteiger partial charge in [-0.2, -0.15) is 0 Å². The molecule has 15 heteroatoms. The van der Waals surface area contributed by atoms with Crippen LogP contribution in [0.1, 0.15) is 93.2 Å². The predicted molar refractivity (Wildman–Crippen MR) is 241 cm³/mol. The van der Waals surface area contributed by atoms with Crippen LogP contribution in [0.4, 0.5) is 9.59 Å². The van der Waals surface area contributed by atoms with E-state index in [4.69, 9.17) is 37.9 Å². The number of amides is 2. The lowest BCUT2D eigenvalue weighted by atomic mass is 9.91. The van der Waals surface area contributed by atoms with Crippen molar-refractivity contribution in [1.82, 2.24) is 10.6 Å². The number of alkyl carbamates (subject to hydrolysis) is 2. The van der Waals surface area contributed by atoms with E-state index in [1.165, 1.54) is 6.92 Å². The van der Waals surface area contributed by atoms with Gasteiger partial charge in [-0.05, 0) is 99.6 Å². The normalized spacial score (nSPS) is 24.5. The molecular formula is C49H72N2O13. The van der Waals surface area contributed by atoms with E-state index in [-0.39, 0.29) is 50.0 Å². The Morgan fingerprint density at radius 1 is 0.625 bits per heavy atom. The maximum absolute atomic E-state index is 12.8. The number of ketones is 1. The number of hydrogen-bond donors (Lipinski definition) is 2. The second-order valence-electron chi connectivity index (χ2n) is 18.5. The fourth-order valence-electron chi connectivity index (χ4n) is 6.97. The summed E-state index contributed by atoms with van der Waals surface area (Å²) in [6.45, 7) is 22.8. The van der Waals surface area contributed by atoms with Gasteiger partial charge in [0.05, 0.1) is 51.8 Å². The Labute approximate surface area is 379 Å². The van der Waals surface area contributed by atoms with E-state index in [1.54, 1.807) is 48.5 Å². The molecule has 15 nitrogen and oxygen atoms in total. The van der Waals surface area contributed by atoms with Crippen LogP contribution in [0.5, 0.6) is 0 Å². The number of benzene rings is 2. The number of cyclic esters (lactones) is 2. The van der Waals surface area contributed by atoms with Gasteiger partial charge in [-0.1, -0.05) is 66.2 Å². The summed E-state index contributed by atoms with van der Waals surface area (Å²) >= 11 is 0. The Bertz CT molecular complexity index is 1650. The minimum absolute atomic E-state index is 0.00539. The largest absolute Gasteiger partial charge is 0.458 e. The minimum Gasteiger partial charge on any atom is -0.458 e. The zero-order chi connectivity index (χ0) is 47.5. The summed E-state index contributed by atoms with van der Waals surface area (Å²) in [6.07, 6.45) is -1.01. The van der Waals surface area contributed by atoms with Crippen molar-refractivity contribution in [3.63, 3.8) is 0 Å². The Morgan fingerprint density at radius 2 is 1.00 bits per heavy atom. The highest BCUT2D eigenvalue weighted by atomic mass is 16.6. The maximum Gasteiger partial charge on any atom is 0.408 e. The Balaban J connectivity index is 0.000000340. The van der Waals surface area contributed by atoms with Gasteiger partial charge in [-0.15, -0.1) is 6.58 Å². The molecule has 2 saturated heterocycles. The van der Waals surface area contributed by atoms with Crippen molar-refractivity contribution in [2.45, 2.75) is 143 Å². The van der Waals surface area contributed by atoms with Crippen LogP contribution in [-0.4, -0.2) is 117 Å². The number of rotatable bonds is 14. The quantitative estimate of drug-likeness (QED) is 0.111. The molecule has 0 aliphatic carbocycles. The Kier molecular flexibility index (Phi) is 21.9. The summed E-state index contributed by atoms with van der Waals surface area (Å²) in [5, 5.41) is 5.10. The standard InChI is InChI=1S/C25H37NO6.C24H35NO7/c1-17(2)12-13-30-22-18(3)31-23(27)21(26-24(28)32-25(4,5)6)16-29-15-20(22)14-19-10-8-7-9-11-19;1-16(26)11-12-30-21-17(2)31-22(27)20(25-23(28)32-24(3,4)5)15-29-14-19(21)13-18-9-7-6-8-10-18/h7-11,18,20-22H,1,12-16H2,2-6H3,(H,26,28);6-10,17,19-21H,11-15H2,1-5H3,(H,25,28)/t18-,20-,21-,22-;17-,19-,20-,21-/m00/s1. The third-order valence-electron chi connectivity index (χ3n) is 9.93. The number of carbonyl (C=O) groups excluding carboxylic acids is 5. The zero-order valence-corrected chi connectivity index (χ0v) is 39.5. The number of hydrogen-bond acceptors (Lipinski definition) is 13. The highest BCUT2D eigenvalue weighted by Gasteiger charge is 2.38. The molecule has 0 bridgehead atoms. The second kappa shape index (κ2) is 26.2. The Morgan fingerprint density at radius 3 is 1.34 bits per heavy atom. The van der Waals surface area contributed by atoms with Gasteiger partial charge in [0.25, 0.3) is 0 Å². The summed E-state index contributed by atoms with van der Waals surface area (Å²) < 4.78 is 45.8. The van der Waals surface area contributed by atoms with Crippen molar-refractivity contribution in [2.24, 2.45) is 11.8 Å². The first-order valence-corrected chi connectivity index (χ1v) is 22.1. The van der Waals surface area contributed by atoms with Gasteiger partial charge < -0.3 is 48.5 Å². The monoisotopic (exact) mass is 897 g/mol. The van der Waals surface area contributed by atoms with Crippen molar-refractivity contribution in [2.75, 3.05) is 39.6 Å². The molecule has 2 aliphatic rings. The van der Waals surface area contributed by atoms with Crippen LogP contribution in [0.25, 0.3) is 0 Å². The van der Waals surface area contributed by atoms with Gasteiger partial charge in [0.15, 0.2) is 12.1 Å². The lowest BCUT2D eigenvalue weighted by molar-refractivity contribution is -0.161. The van der Waals surface area contributed by atoms with Gasteiger partial charge in [-0.3, -0.25) is 4.79 Å². The first-order valence-electron chi connectivity index (χ1n) is 22.1. The van der Waals surface area contributed by atoms with Gasteiger partial charge in [0, 0.05) is 18.3 Å². The summed E-state index contributed by atoms with van der Waals surface area (Å²) in [5.74, 6) is -1.32. The third-order valence-corrected chi connectivity index (χ3v) is 9.93. The van der Waals surface area contributed by atoms with E-state index in [0.29, 0.717) is 32.7 Å². The highest BCUT2D eigenvalue weighted by molar-refractivity contribution is 5.82. The molecule has 2 amide bonds. The van der Waals surface area contributed by atoms with E-state index in [9.17, 15) is 24.0 Å². The van der Waals surface area contributed by atoms with Crippen LogP contribution in [0, 0.1) is 11.8 Å². The van der Waals surface area contributed by atoms with Crippen molar-refractivity contribution in [1.29, 1.82) is 0 Å². The summed E-state index contributed by atoms with van der Waals surface area (Å²) in [7, 11) is 0. The SMILES string of the molecule is C=C(C)CCO[C@@H]1[C@@H](Cc2ccccc2)COC[C@H](NC(=O)OC(C)(C)C)C(=O)O[C@H]1C.CC(=O)CCO[C@@H]1[C@@H](Cc2ccccc2)COC[C@H](NC(=O)OC(C)(C)C)C(=O)O[C@H]1C. The van der Waals surface area contributed by atoms with Crippen LogP contribution < -0.4 is 10.6 Å². The molecule has 2 heterocycles. The average Bonchev–Trinajstić information content (AvgIpc) is 3.26. The number of ether oxygens (including phenoxy) is 8. The van der Waals surface area contributed by atoms with Crippen molar-refractivity contribution in [3.05, 3.63) is 83.9 Å². The second-order valence-corrected chi connectivity index (χ2v) is 18.5. The molecule has 0 saturated carbocycles. The molecule has 0 unspecified atom stereocenters. The maximum atomic E-state index is 12.8. The van der Waals surface area contributed by atoms with Crippen molar-refractivity contribution in [3.8, 4) is 0 Å². The number of carbonyl (C=O) groups is 5. The van der Waals surface area contributed by atoms with Crippen molar-refractivity contribution < 1.29 is 61.9 Å². The predicted octanol–water partition coefficient (Wildman–Crippen LogP) is 7.12. The van der Waals surface area contributed by atoms with Gasteiger partial charge in [-0.25, -0.2) is 19.2 Å². The molecule has 4 rings (SSSR count). The van der Waals surface area contributed by atoms with E-state index >= 15 is 0 Å². The fraction of sp³-hybridized carbons (Fsp3) is 0.612. The van der Waals surface area contributed by atoms with Gasteiger partial charge in [0.1, 0.15) is 29.2 Å². The van der Waals surface area contributed by atoms with Gasteiger partial charge in [0.2, 0.25) is 0 Å². The van der Waals surface area contributed by atoms with Crippen LogP contribution in [0.2, 0.25) is 0 Å². The molecule has 0 aromatic heterocycles. The minimum atomic E-state index is -0.999. The average molecular weight is 897 g/mol. The molecule has 356 valence electrons. The van der Waals surface area contributed by atoms with Gasteiger partial charge >= 0.3 is 24.1 Å². The topological polar surface area (TPSA) is 183 Å². The zero-order valence-electron chi connectivity index (χ0n) is 39.5. The third kappa shape index (κ3) is 20.8. The van der Waals surface area contributed by atoms with E-state index in [0.717, 1.165) is 23.1 Å². The van der Waals surface area contributed by atoms with E-state index < -0.39 is 65.7 Å². The van der Waals surface area contributed by atoms with Crippen LogP contribution in [-0.2, 0) is 65.1 Å². The molecule has 0 radical (unpaired) electrons. The lowest BCUT2D eigenvalue weighted by Crippen LogP contribution is -2.47. The molecule has 2 aromatic rings. The molecule has 2 fully saturated rings. The molecule has 64 heavy (non-hydrogen) atoms. The lowest BCUT2D eigenvalue weighted by Gasteiger charge is -2.31. The highest BCUT2D eigenvalue weighted by Crippen LogP contribution is 2.25. The van der Waals surface area contributed by atoms with E-state index in [2.05, 4.69) is 29.3 Å². The van der Waals surface area contributed by atoms with Crippen molar-refractivity contribution >= 4 is 29.9 Å². The number of nitrogens with one attached hydrogen (secondary N) is 2. The molecule has 0 spiro atoms. The molecule has 2 N–H and O–H groups in total. The summed E-state index contributed by atoms with van der Waals surface area (Å²) in [4.78, 5) is 61.2. The summed E-state index contributed by atoms with van der Waals surface area (Å²) in [6, 6.07) is 18.0. The smallest absolute Gasteiger partial charge is 0.408 e. The van der Waals surface area contributed by atoms with E-state index in [1.807, 2.05) is 62.4 Å². The number of esters is 2. The molecule has 2 aromatic carbocycles. The van der Waals surface area contributed by atoms with Crippen LogP contribution >= 0.6 is 0 Å². The van der Waals surface area contributed by atoms with Crippen LogP contribution in [0.15, 0.2) is 72.8 Å². The molecule has 2 aliphatic heterocycles. The fourth-order valence-corrected chi connectivity index (χ4v) is 6.97.